The summed E-state index contributed by atoms with van der Waals surface area (Å²) in [6.07, 6.45) is 14.0. The second-order valence-corrected chi connectivity index (χ2v) is 4.63. The van der Waals surface area contributed by atoms with Gasteiger partial charge in [-0.3, -0.25) is 0 Å². The SMILES string of the molecule is CCCCCCCCCCCO.O=C1C=CC(=O)O1. The van der Waals surface area contributed by atoms with Gasteiger partial charge in [0.05, 0.1) is 0 Å². The van der Waals surface area contributed by atoms with Gasteiger partial charge in [-0.25, -0.2) is 9.59 Å². The van der Waals surface area contributed by atoms with Crippen molar-refractivity contribution in [2.75, 3.05) is 6.61 Å². The minimum atomic E-state index is -0.579. The summed E-state index contributed by atoms with van der Waals surface area (Å²) in [7, 11) is 0. The smallest absolute Gasteiger partial charge is 0.338 e. The van der Waals surface area contributed by atoms with Crippen molar-refractivity contribution in [2.45, 2.75) is 64.7 Å². The fourth-order valence-electron chi connectivity index (χ4n) is 1.73. The van der Waals surface area contributed by atoms with Gasteiger partial charge in [0.2, 0.25) is 0 Å². The van der Waals surface area contributed by atoms with Crippen molar-refractivity contribution in [3.63, 3.8) is 0 Å². The van der Waals surface area contributed by atoms with Gasteiger partial charge in [-0.05, 0) is 6.42 Å². The highest BCUT2D eigenvalue weighted by atomic mass is 16.6. The van der Waals surface area contributed by atoms with Crippen molar-refractivity contribution < 1.29 is 19.4 Å². The number of cyclic esters (lactones) is 2. The lowest BCUT2D eigenvalue weighted by molar-refractivity contribution is -0.150. The standard InChI is InChI=1S/C11H24O.C4H2O3/c1-2-3-4-5-6-7-8-9-10-11-12;5-3-1-2-4(6)7-3/h12H,2-11H2,1H3;1-2H. The van der Waals surface area contributed by atoms with Crippen molar-refractivity contribution in [3.05, 3.63) is 12.2 Å². The molecule has 1 rings (SSSR count). The minimum Gasteiger partial charge on any atom is -0.396 e. The van der Waals surface area contributed by atoms with Crippen LogP contribution in [0.15, 0.2) is 12.2 Å². The van der Waals surface area contributed by atoms with Crippen molar-refractivity contribution in [3.8, 4) is 0 Å². The largest absolute Gasteiger partial charge is 0.396 e. The van der Waals surface area contributed by atoms with Crippen LogP contribution in [0.4, 0.5) is 0 Å². The molecule has 1 N–H and O–H groups in total. The Balaban J connectivity index is 0.000000388. The Bertz CT molecular complexity index is 245. The number of esters is 2. The molecule has 1 heterocycles. The van der Waals surface area contributed by atoms with Crippen LogP contribution in [0.5, 0.6) is 0 Å². The molecule has 0 atom stereocenters. The van der Waals surface area contributed by atoms with Gasteiger partial charge in [0, 0.05) is 18.8 Å². The van der Waals surface area contributed by atoms with Crippen LogP contribution in [-0.2, 0) is 14.3 Å². The van der Waals surface area contributed by atoms with Gasteiger partial charge >= 0.3 is 11.9 Å². The van der Waals surface area contributed by atoms with Crippen LogP contribution in [0, 0.1) is 0 Å². The number of hydrogen-bond donors (Lipinski definition) is 1. The van der Waals surface area contributed by atoms with E-state index in [0.29, 0.717) is 6.61 Å². The topological polar surface area (TPSA) is 63.6 Å². The molecule has 0 aliphatic carbocycles. The predicted octanol–water partition coefficient (Wildman–Crippen LogP) is 3.14. The van der Waals surface area contributed by atoms with E-state index in [1.807, 2.05) is 0 Å². The molecule has 19 heavy (non-hydrogen) atoms. The molecule has 4 heteroatoms. The molecule has 0 aromatic rings. The molecular weight excluding hydrogens is 244 g/mol. The Kier molecular flexibility index (Phi) is 12.5. The van der Waals surface area contributed by atoms with Crippen LogP contribution >= 0.6 is 0 Å². The molecule has 0 unspecified atom stereocenters. The average Bonchev–Trinajstić information content (AvgIpc) is 2.77. The maximum Gasteiger partial charge on any atom is 0.338 e. The van der Waals surface area contributed by atoms with Crippen molar-refractivity contribution in [1.29, 1.82) is 0 Å². The molecule has 0 spiro atoms. The maximum absolute atomic E-state index is 9.92. The highest BCUT2D eigenvalue weighted by molar-refractivity contribution is 6.04. The third-order valence-corrected chi connectivity index (χ3v) is 2.82. The summed E-state index contributed by atoms with van der Waals surface area (Å²) in [4.78, 5) is 19.8. The Hall–Kier alpha value is -1.16. The van der Waals surface area contributed by atoms with E-state index in [4.69, 9.17) is 5.11 Å². The second-order valence-electron chi connectivity index (χ2n) is 4.63. The Morgan fingerprint density at radius 2 is 1.26 bits per heavy atom. The van der Waals surface area contributed by atoms with Gasteiger partial charge < -0.3 is 9.84 Å². The van der Waals surface area contributed by atoms with E-state index in [-0.39, 0.29) is 0 Å². The van der Waals surface area contributed by atoms with Crippen LogP contribution in [0.1, 0.15) is 64.7 Å². The molecule has 0 saturated heterocycles. The zero-order valence-corrected chi connectivity index (χ0v) is 11.9. The molecule has 0 saturated carbocycles. The third kappa shape index (κ3) is 13.1. The number of aliphatic hydroxyl groups is 1. The van der Waals surface area contributed by atoms with Crippen LogP contribution in [0.3, 0.4) is 0 Å². The lowest BCUT2D eigenvalue weighted by Gasteiger charge is -1.99. The fraction of sp³-hybridized carbons (Fsp3) is 0.733. The Morgan fingerprint density at radius 1 is 0.842 bits per heavy atom. The number of aliphatic hydroxyl groups excluding tert-OH is 1. The summed E-state index contributed by atoms with van der Waals surface area (Å²) in [6, 6.07) is 0. The average molecular weight is 270 g/mol. The van der Waals surface area contributed by atoms with E-state index in [1.54, 1.807) is 0 Å². The Morgan fingerprint density at radius 3 is 1.58 bits per heavy atom. The minimum absolute atomic E-state index is 0.371. The van der Waals surface area contributed by atoms with Crippen molar-refractivity contribution >= 4 is 11.9 Å². The van der Waals surface area contributed by atoms with E-state index < -0.39 is 11.9 Å². The Labute approximate surface area is 115 Å². The molecule has 0 amide bonds. The van der Waals surface area contributed by atoms with Crippen LogP contribution in [0.25, 0.3) is 0 Å². The molecule has 0 radical (unpaired) electrons. The van der Waals surface area contributed by atoms with E-state index in [2.05, 4.69) is 11.7 Å². The maximum atomic E-state index is 9.92. The molecule has 4 nitrogen and oxygen atoms in total. The van der Waals surface area contributed by atoms with Crippen LogP contribution in [0.2, 0.25) is 0 Å². The van der Waals surface area contributed by atoms with E-state index in [9.17, 15) is 9.59 Å². The molecule has 110 valence electrons. The summed E-state index contributed by atoms with van der Waals surface area (Å²) in [5.41, 5.74) is 0. The number of rotatable bonds is 9. The number of unbranched alkanes of at least 4 members (excludes halogenated alkanes) is 8. The first-order valence-corrected chi connectivity index (χ1v) is 7.25. The monoisotopic (exact) mass is 270 g/mol. The number of hydrogen-bond acceptors (Lipinski definition) is 4. The van der Waals surface area contributed by atoms with E-state index in [1.165, 1.54) is 51.4 Å². The van der Waals surface area contributed by atoms with Gasteiger partial charge in [-0.2, -0.15) is 0 Å². The highest BCUT2D eigenvalue weighted by Crippen LogP contribution is 2.08. The highest BCUT2D eigenvalue weighted by Gasteiger charge is 2.10. The summed E-state index contributed by atoms with van der Waals surface area (Å²) >= 11 is 0. The lowest BCUT2D eigenvalue weighted by Crippen LogP contribution is -1.96. The number of ether oxygens (including phenoxy) is 1. The molecule has 0 fully saturated rings. The summed E-state index contributed by atoms with van der Waals surface area (Å²) in [6.45, 7) is 2.62. The second kappa shape index (κ2) is 13.3. The fourth-order valence-corrected chi connectivity index (χ4v) is 1.73. The first-order chi connectivity index (χ1) is 9.20. The first kappa shape index (κ1) is 17.8. The molecule has 0 aromatic heterocycles. The van der Waals surface area contributed by atoms with Crippen molar-refractivity contribution in [1.82, 2.24) is 0 Å². The lowest BCUT2D eigenvalue weighted by atomic mass is 10.1. The van der Waals surface area contributed by atoms with Gasteiger partial charge in [0.1, 0.15) is 0 Å². The number of carbonyl (C=O) groups is 2. The van der Waals surface area contributed by atoms with Gasteiger partial charge in [-0.1, -0.05) is 58.3 Å². The summed E-state index contributed by atoms with van der Waals surface area (Å²) < 4.78 is 3.97. The predicted molar refractivity (Wildman–Crippen MR) is 74.6 cm³/mol. The molecule has 0 bridgehead atoms. The molecule has 1 aliphatic heterocycles. The van der Waals surface area contributed by atoms with E-state index in [0.717, 1.165) is 18.6 Å². The van der Waals surface area contributed by atoms with Crippen LogP contribution in [-0.4, -0.2) is 23.7 Å². The first-order valence-electron chi connectivity index (χ1n) is 7.25. The summed E-state index contributed by atoms with van der Waals surface area (Å²) in [5.74, 6) is -1.16. The molecule has 0 aromatic carbocycles. The molecular formula is C15H26O4. The van der Waals surface area contributed by atoms with Crippen molar-refractivity contribution in [2.24, 2.45) is 0 Å². The third-order valence-electron chi connectivity index (χ3n) is 2.82. The van der Waals surface area contributed by atoms with Gasteiger partial charge in [-0.15, -0.1) is 0 Å². The van der Waals surface area contributed by atoms with Crippen LogP contribution < -0.4 is 0 Å². The molecule has 1 aliphatic rings. The van der Waals surface area contributed by atoms with E-state index >= 15 is 0 Å². The summed E-state index contributed by atoms with van der Waals surface area (Å²) in [5, 5.41) is 8.54. The van der Waals surface area contributed by atoms with Gasteiger partial charge in [0.25, 0.3) is 0 Å². The quantitative estimate of drug-likeness (QED) is 0.397. The zero-order valence-electron chi connectivity index (χ0n) is 11.9. The normalized spacial score (nSPS) is 13.2. The number of carbonyl (C=O) groups excluding carboxylic acids is 2. The zero-order chi connectivity index (χ0) is 14.3. The van der Waals surface area contributed by atoms with Gasteiger partial charge in [0.15, 0.2) is 0 Å².